The summed E-state index contributed by atoms with van der Waals surface area (Å²) < 4.78 is 20.7. The van der Waals surface area contributed by atoms with Gasteiger partial charge < -0.3 is 10.1 Å². The Morgan fingerprint density at radius 3 is 2.62 bits per heavy atom. The first-order chi connectivity index (χ1) is 9.97. The van der Waals surface area contributed by atoms with Crippen molar-refractivity contribution >= 4 is 43.5 Å². The number of amides is 1. The number of para-hydroxylation sites is 1. The molecule has 0 fully saturated rings. The van der Waals surface area contributed by atoms with Crippen LogP contribution in [-0.4, -0.2) is 12.0 Å². The molecule has 0 aliphatic heterocycles. The van der Waals surface area contributed by atoms with E-state index in [4.69, 9.17) is 4.74 Å². The quantitative estimate of drug-likeness (QED) is 0.780. The van der Waals surface area contributed by atoms with Crippen molar-refractivity contribution in [2.45, 2.75) is 13.0 Å². The maximum atomic E-state index is 13.5. The lowest BCUT2D eigenvalue weighted by atomic mass is 10.3. The van der Waals surface area contributed by atoms with Crippen molar-refractivity contribution in [3.8, 4) is 5.75 Å². The number of benzene rings is 2. The molecule has 0 spiro atoms. The average molecular weight is 417 g/mol. The van der Waals surface area contributed by atoms with E-state index in [-0.39, 0.29) is 5.69 Å². The van der Waals surface area contributed by atoms with Crippen LogP contribution in [0.25, 0.3) is 0 Å². The molecule has 2 rings (SSSR count). The van der Waals surface area contributed by atoms with E-state index in [2.05, 4.69) is 37.2 Å². The van der Waals surface area contributed by atoms with Crippen molar-refractivity contribution < 1.29 is 13.9 Å². The van der Waals surface area contributed by atoms with Crippen LogP contribution in [0.1, 0.15) is 6.92 Å². The number of rotatable bonds is 4. The van der Waals surface area contributed by atoms with Crippen molar-refractivity contribution in [2.75, 3.05) is 5.32 Å². The lowest BCUT2D eigenvalue weighted by Gasteiger charge is -2.16. The van der Waals surface area contributed by atoms with E-state index >= 15 is 0 Å². The summed E-state index contributed by atoms with van der Waals surface area (Å²) >= 11 is 6.69. The van der Waals surface area contributed by atoms with Crippen molar-refractivity contribution in [3.63, 3.8) is 0 Å². The molecule has 0 heterocycles. The fourth-order valence-electron chi connectivity index (χ4n) is 1.61. The van der Waals surface area contributed by atoms with Crippen LogP contribution in [-0.2, 0) is 4.79 Å². The number of hydrogen-bond donors (Lipinski definition) is 1. The van der Waals surface area contributed by atoms with Gasteiger partial charge in [-0.25, -0.2) is 4.39 Å². The Balaban J connectivity index is 2.04. The Bertz CT molecular complexity index is 664. The Hall–Kier alpha value is -1.40. The van der Waals surface area contributed by atoms with E-state index < -0.39 is 17.8 Å². The highest BCUT2D eigenvalue weighted by atomic mass is 79.9. The molecular weight excluding hydrogens is 405 g/mol. The minimum atomic E-state index is -0.762. The molecule has 2 aromatic carbocycles. The average Bonchev–Trinajstić information content (AvgIpc) is 2.44. The van der Waals surface area contributed by atoms with Gasteiger partial charge in [0.1, 0.15) is 11.6 Å². The van der Waals surface area contributed by atoms with Crippen molar-refractivity contribution in [3.05, 3.63) is 57.2 Å². The number of ether oxygens (including phenoxy) is 1. The van der Waals surface area contributed by atoms with Crippen molar-refractivity contribution in [1.82, 2.24) is 0 Å². The summed E-state index contributed by atoms with van der Waals surface area (Å²) in [4.78, 5) is 12.0. The van der Waals surface area contributed by atoms with Crippen LogP contribution < -0.4 is 10.1 Å². The molecule has 0 bridgehead atoms. The van der Waals surface area contributed by atoms with E-state index in [0.717, 1.165) is 8.95 Å². The highest BCUT2D eigenvalue weighted by Crippen LogP contribution is 2.29. The molecular formula is C15H12Br2FNO2. The second kappa shape index (κ2) is 7.04. The zero-order valence-corrected chi connectivity index (χ0v) is 14.2. The highest BCUT2D eigenvalue weighted by Gasteiger charge is 2.17. The van der Waals surface area contributed by atoms with E-state index in [9.17, 15) is 9.18 Å². The molecule has 1 atom stereocenters. The van der Waals surface area contributed by atoms with Gasteiger partial charge in [0.05, 0.1) is 10.2 Å². The molecule has 0 saturated carbocycles. The Labute approximate surface area is 138 Å². The zero-order chi connectivity index (χ0) is 15.4. The summed E-state index contributed by atoms with van der Waals surface area (Å²) in [6.07, 6.45) is -0.762. The van der Waals surface area contributed by atoms with Gasteiger partial charge in [-0.05, 0) is 53.2 Å². The smallest absolute Gasteiger partial charge is 0.265 e. The Kier molecular flexibility index (Phi) is 5.36. The van der Waals surface area contributed by atoms with Crippen LogP contribution in [0.15, 0.2) is 51.4 Å². The van der Waals surface area contributed by atoms with E-state index in [1.165, 1.54) is 12.1 Å². The van der Waals surface area contributed by atoms with Gasteiger partial charge in [0.15, 0.2) is 6.10 Å². The van der Waals surface area contributed by atoms with Gasteiger partial charge in [0, 0.05) is 4.47 Å². The van der Waals surface area contributed by atoms with Crippen molar-refractivity contribution in [2.24, 2.45) is 0 Å². The standard InChI is InChI=1S/C15H12Br2FNO2/c1-9(21-14-7-6-10(16)8-11(14)17)15(20)19-13-5-3-2-4-12(13)18/h2-9H,1H3,(H,19,20)/t9-/m1/s1. The van der Waals surface area contributed by atoms with Crippen LogP contribution in [0.4, 0.5) is 10.1 Å². The lowest BCUT2D eigenvalue weighted by Crippen LogP contribution is -2.30. The van der Waals surface area contributed by atoms with Gasteiger partial charge in [-0.2, -0.15) is 0 Å². The first-order valence-corrected chi connectivity index (χ1v) is 7.73. The van der Waals surface area contributed by atoms with Crippen LogP contribution in [0, 0.1) is 5.82 Å². The summed E-state index contributed by atoms with van der Waals surface area (Å²) in [5.74, 6) is -0.368. The largest absolute Gasteiger partial charge is 0.480 e. The molecule has 21 heavy (non-hydrogen) atoms. The highest BCUT2D eigenvalue weighted by molar-refractivity contribution is 9.11. The van der Waals surface area contributed by atoms with E-state index in [1.807, 2.05) is 12.1 Å². The number of carbonyl (C=O) groups is 1. The molecule has 0 radical (unpaired) electrons. The predicted octanol–water partition coefficient (Wildman–Crippen LogP) is 4.76. The second-order valence-electron chi connectivity index (χ2n) is 4.30. The number of halogens is 3. The third-order valence-corrected chi connectivity index (χ3v) is 3.81. The van der Waals surface area contributed by atoms with Crippen LogP contribution >= 0.6 is 31.9 Å². The molecule has 0 saturated heterocycles. The van der Waals surface area contributed by atoms with Gasteiger partial charge in [-0.3, -0.25) is 4.79 Å². The molecule has 0 aromatic heterocycles. The third-order valence-electron chi connectivity index (χ3n) is 2.70. The van der Waals surface area contributed by atoms with Crippen LogP contribution in [0.5, 0.6) is 5.75 Å². The number of anilines is 1. The molecule has 0 aliphatic rings. The summed E-state index contributed by atoms with van der Waals surface area (Å²) in [6, 6.07) is 11.3. The van der Waals surface area contributed by atoms with Crippen molar-refractivity contribution in [1.29, 1.82) is 0 Å². The first-order valence-electron chi connectivity index (χ1n) is 6.14. The van der Waals surface area contributed by atoms with Crippen LogP contribution in [0.3, 0.4) is 0 Å². The van der Waals surface area contributed by atoms with Gasteiger partial charge >= 0.3 is 0 Å². The van der Waals surface area contributed by atoms with Gasteiger partial charge in [-0.1, -0.05) is 28.1 Å². The Morgan fingerprint density at radius 2 is 1.95 bits per heavy atom. The number of carbonyl (C=O) groups excluding carboxylic acids is 1. The molecule has 2 aromatic rings. The molecule has 110 valence electrons. The SMILES string of the molecule is C[C@@H](Oc1ccc(Br)cc1Br)C(=O)Nc1ccccc1F. The van der Waals surface area contributed by atoms with Gasteiger partial charge in [0.25, 0.3) is 5.91 Å². The van der Waals surface area contributed by atoms with E-state index in [1.54, 1.807) is 25.1 Å². The minimum absolute atomic E-state index is 0.132. The van der Waals surface area contributed by atoms with Gasteiger partial charge in [-0.15, -0.1) is 0 Å². The van der Waals surface area contributed by atoms with E-state index in [0.29, 0.717) is 5.75 Å². The molecule has 6 heteroatoms. The summed E-state index contributed by atoms with van der Waals surface area (Å²) in [5, 5.41) is 2.50. The predicted molar refractivity (Wildman–Crippen MR) is 87.0 cm³/mol. The van der Waals surface area contributed by atoms with Gasteiger partial charge in [0.2, 0.25) is 0 Å². The third kappa shape index (κ3) is 4.28. The normalized spacial score (nSPS) is 11.8. The summed E-state index contributed by atoms with van der Waals surface area (Å²) in [5.41, 5.74) is 0.132. The second-order valence-corrected chi connectivity index (χ2v) is 6.07. The zero-order valence-electron chi connectivity index (χ0n) is 11.1. The topological polar surface area (TPSA) is 38.3 Å². The maximum absolute atomic E-state index is 13.5. The molecule has 3 nitrogen and oxygen atoms in total. The Morgan fingerprint density at radius 1 is 1.24 bits per heavy atom. The summed E-state index contributed by atoms with van der Waals surface area (Å²) in [7, 11) is 0. The van der Waals surface area contributed by atoms with Crippen LogP contribution in [0.2, 0.25) is 0 Å². The lowest BCUT2D eigenvalue weighted by molar-refractivity contribution is -0.122. The minimum Gasteiger partial charge on any atom is -0.480 e. The maximum Gasteiger partial charge on any atom is 0.265 e. The first kappa shape index (κ1) is 16.0. The monoisotopic (exact) mass is 415 g/mol. The number of nitrogens with one attached hydrogen (secondary N) is 1. The molecule has 0 unspecified atom stereocenters. The summed E-state index contributed by atoms with van der Waals surface area (Å²) in [6.45, 7) is 1.60. The molecule has 1 N–H and O–H groups in total. The fraction of sp³-hybridized carbons (Fsp3) is 0.133. The fourth-order valence-corrected chi connectivity index (χ4v) is 2.75. The molecule has 0 aliphatic carbocycles. The molecule has 1 amide bonds. The number of hydrogen-bond acceptors (Lipinski definition) is 2.